The van der Waals surface area contributed by atoms with Crippen molar-refractivity contribution < 1.29 is 33.0 Å². The summed E-state index contributed by atoms with van der Waals surface area (Å²) in [5, 5.41) is 13.0. The van der Waals surface area contributed by atoms with Crippen LogP contribution in [0.5, 0.6) is 11.5 Å². The van der Waals surface area contributed by atoms with Crippen LogP contribution in [0.3, 0.4) is 0 Å². The largest absolute Gasteiger partial charge is 0.489 e. The lowest BCUT2D eigenvalue weighted by Gasteiger charge is -2.14. The summed E-state index contributed by atoms with van der Waals surface area (Å²) in [4.78, 5) is 26.3. The van der Waals surface area contributed by atoms with Gasteiger partial charge >= 0.3 is 6.61 Å². The van der Waals surface area contributed by atoms with Gasteiger partial charge in [-0.25, -0.2) is 0 Å². The van der Waals surface area contributed by atoms with E-state index in [0.29, 0.717) is 12.5 Å². The van der Waals surface area contributed by atoms with Crippen LogP contribution in [0.4, 0.5) is 14.5 Å². The van der Waals surface area contributed by atoms with Crippen LogP contribution in [0.2, 0.25) is 10.0 Å². The number of pyridine rings is 1. The van der Waals surface area contributed by atoms with Crippen molar-refractivity contribution in [2.24, 2.45) is 5.92 Å². The summed E-state index contributed by atoms with van der Waals surface area (Å²) < 4.78 is 35.1. The van der Waals surface area contributed by atoms with E-state index in [1.54, 1.807) is 0 Å². The number of hydrogen-bond acceptors (Lipinski definition) is 6. The first kappa shape index (κ1) is 26.3. The van der Waals surface area contributed by atoms with Gasteiger partial charge in [-0.1, -0.05) is 29.8 Å². The predicted octanol–water partition coefficient (Wildman–Crippen LogP) is 4.27. The van der Waals surface area contributed by atoms with Crippen molar-refractivity contribution in [3.63, 3.8) is 0 Å². The molecule has 0 radical (unpaired) electrons. The Hall–Kier alpha value is -2.95. The van der Waals surface area contributed by atoms with E-state index in [2.05, 4.69) is 26.9 Å². The first-order valence-corrected chi connectivity index (χ1v) is 10.3. The molecule has 2 aromatic rings. The fraction of sp³-hybridized carbons (Fsp3) is 0.286. The number of ether oxygens (including phenoxy) is 2. The van der Waals surface area contributed by atoms with Crippen LogP contribution in [0.25, 0.3) is 0 Å². The molecule has 178 valence electrons. The molecule has 0 atom stereocenters. The molecule has 0 bridgehead atoms. The number of aliphatic hydroxyl groups is 1. The van der Waals surface area contributed by atoms with Crippen LogP contribution in [-0.2, 0) is 4.79 Å². The van der Waals surface area contributed by atoms with Gasteiger partial charge in [-0.2, -0.15) is 8.78 Å². The molecular formula is C21H21Cl2F2N3O5. The number of aromatic nitrogens is 1. The molecule has 3 rings (SSSR count). The average molecular weight is 504 g/mol. The molecule has 0 spiro atoms. The molecule has 1 aliphatic rings. The minimum atomic E-state index is -2.99. The zero-order valence-electron chi connectivity index (χ0n) is 17.2. The second kappa shape index (κ2) is 12.9. The van der Waals surface area contributed by atoms with Gasteiger partial charge in [0.2, 0.25) is 5.91 Å². The van der Waals surface area contributed by atoms with Gasteiger partial charge in [0.25, 0.3) is 5.91 Å². The fourth-order valence-corrected chi connectivity index (χ4v) is 2.77. The van der Waals surface area contributed by atoms with Crippen LogP contribution >= 0.6 is 23.2 Å². The molecule has 2 amide bonds. The number of carbonyl (C=O) groups excluding carboxylic acids is 2. The lowest BCUT2D eigenvalue weighted by molar-refractivity contribution is -0.117. The number of carbonyl (C=O) groups is 2. The first-order chi connectivity index (χ1) is 15.7. The topological polar surface area (TPSA) is 110 Å². The van der Waals surface area contributed by atoms with E-state index in [1.165, 1.54) is 30.6 Å². The van der Waals surface area contributed by atoms with Crippen LogP contribution in [0.1, 0.15) is 23.2 Å². The molecule has 1 heterocycles. The van der Waals surface area contributed by atoms with E-state index in [4.69, 9.17) is 33.0 Å². The highest BCUT2D eigenvalue weighted by atomic mass is 35.5. The number of aliphatic hydroxyl groups excluding tert-OH is 1. The Bertz CT molecular complexity index is 970. The summed E-state index contributed by atoms with van der Waals surface area (Å²) in [6, 6.07) is 3.96. The monoisotopic (exact) mass is 503 g/mol. The van der Waals surface area contributed by atoms with Crippen LogP contribution in [0, 0.1) is 5.92 Å². The highest BCUT2D eigenvalue weighted by Crippen LogP contribution is 2.35. The summed E-state index contributed by atoms with van der Waals surface area (Å²) >= 11 is 12.0. The molecule has 33 heavy (non-hydrogen) atoms. The van der Waals surface area contributed by atoms with Gasteiger partial charge in [-0.15, -0.1) is 0 Å². The van der Waals surface area contributed by atoms with Crippen molar-refractivity contribution in [3.8, 4) is 11.5 Å². The zero-order valence-corrected chi connectivity index (χ0v) is 18.7. The first-order valence-electron chi connectivity index (χ1n) is 9.58. The predicted molar refractivity (Wildman–Crippen MR) is 119 cm³/mol. The Morgan fingerprint density at radius 1 is 1.24 bits per heavy atom. The summed E-state index contributed by atoms with van der Waals surface area (Å²) in [5.41, 5.74) is 0.392. The van der Waals surface area contributed by atoms with Crippen molar-refractivity contribution in [3.05, 3.63) is 58.9 Å². The SMILES string of the molecule is C=CC(=O)NCO.O=C(Nc1c(Cl)cncc1Cl)c1ccc(OC(F)F)c(OCC2CC2)c1. The number of alkyl halides is 2. The molecule has 12 heteroatoms. The molecule has 1 aromatic carbocycles. The molecule has 1 saturated carbocycles. The van der Waals surface area contributed by atoms with E-state index in [9.17, 15) is 18.4 Å². The minimum Gasteiger partial charge on any atom is -0.489 e. The van der Waals surface area contributed by atoms with Gasteiger partial charge in [-0.05, 0) is 43.0 Å². The van der Waals surface area contributed by atoms with E-state index in [0.717, 1.165) is 18.9 Å². The maximum absolute atomic E-state index is 12.6. The molecule has 8 nitrogen and oxygen atoms in total. The van der Waals surface area contributed by atoms with Gasteiger partial charge in [-0.3, -0.25) is 14.6 Å². The zero-order chi connectivity index (χ0) is 24.4. The molecular weight excluding hydrogens is 483 g/mol. The highest BCUT2D eigenvalue weighted by molar-refractivity contribution is 6.39. The standard InChI is InChI=1S/C17H14Cl2F2N2O3.C4H7NO2/c18-11-6-22-7-12(19)15(11)23-16(24)10-3-4-13(26-17(20)21)14(5-10)25-8-9-1-2-9;1-2-4(7)5-3-6/h3-7,9,17H,1-2,8H2,(H,22,23,24);2,6H,1,3H2,(H,5,7). The number of amides is 2. The molecule has 0 aliphatic heterocycles. The number of anilines is 1. The second-order valence-corrected chi connectivity index (χ2v) is 7.44. The van der Waals surface area contributed by atoms with Gasteiger partial charge < -0.3 is 25.2 Å². The number of nitrogens with zero attached hydrogens (tertiary/aromatic N) is 1. The van der Waals surface area contributed by atoms with Crippen LogP contribution < -0.4 is 20.1 Å². The van der Waals surface area contributed by atoms with Gasteiger partial charge in [0.05, 0.1) is 22.3 Å². The molecule has 1 aromatic heterocycles. The van der Waals surface area contributed by atoms with Crippen LogP contribution in [-0.4, -0.2) is 41.9 Å². The average Bonchev–Trinajstić information content (AvgIpc) is 3.60. The summed E-state index contributed by atoms with van der Waals surface area (Å²) in [7, 11) is 0. The number of benzene rings is 1. The van der Waals surface area contributed by atoms with Gasteiger partial charge in [0.1, 0.15) is 6.73 Å². The Kier molecular flexibility index (Phi) is 10.3. The van der Waals surface area contributed by atoms with Crippen molar-refractivity contribution in [2.45, 2.75) is 19.5 Å². The Morgan fingerprint density at radius 2 is 1.91 bits per heavy atom. The second-order valence-electron chi connectivity index (χ2n) is 6.63. The summed E-state index contributed by atoms with van der Waals surface area (Å²) in [6.45, 7) is 0.216. The van der Waals surface area contributed by atoms with E-state index in [1.807, 2.05) is 0 Å². The van der Waals surface area contributed by atoms with E-state index < -0.39 is 12.5 Å². The Morgan fingerprint density at radius 3 is 2.42 bits per heavy atom. The molecule has 0 saturated heterocycles. The Balaban J connectivity index is 0.000000479. The van der Waals surface area contributed by atoms with Crippen molar-refractivity contribution >= 4 is 40.7 Å². The fourth-order valence-electron chi connectivity index (χ4n) is 2.31. The normalized spacial score (nSPS) is 12.3. The van der Waals surface area contributed by atoms with E-state index in [-0.39, 0.29) is 45.4 Å². The quantitative estimate of drug-likeness (QED) is 0.348. The van der Waals surface area contributed by atoms with Crippen molar-refractivity contribution in [2.75, 3.05) is 18.7 Å². The number of hydrogen-bond donors (Lipinski definition) is 3. The third kappa shape index (κ3) is 8.83. The lowest BCUT2D eigenvalue weighted by atomic mass is 10.2. The molecule has 3 N–H and O–H groups in total. The Labute approximate surface area is 198 Å². The number of rotatable bonds is 9. The van der Waals surface area contributed by atoms with Crippen molar-refractivity contribution in [1.29, 1.82) is 0 Å². The third-order valence-corrected chi connectivity index (χ3v) is 4.70. The van der Waals surface area contributed by atoms with Crippen LogP contribution in [0.15, 0.2) is 43.2 Å². The smallest absolute Gasteiger partial charge is 0.387 e. The van der Waals surface area contributed by atoms with E-state index >= 15 is 0 Å². The maximum Gasteiger partial charge on any atom is 0.387 e. The van der Waals surface area contributed by atoms with Gasteiger partial charge in [0, 0.05) is 18.0 Å². The third-order valence-electron chi connectivity index (χ3n) is 4.12. The molecule has 1 aliphatic carbocycles. The van der Waals surface area contributed by atoms with Gasteiger partial charge in [0.15, 0.2) is 11.5 Å². The number of halogens is 4. The molecule has 1 fully saturated rings. The molecule has 0 unspecified atom stereocenters. The lowest BCUT2D eigenvalue weighted by Crippen LogP contribution is -2.20. The van der Waals surface area contributed by atoms with Crippen molar-refractivity contribution in [1.82, 2.24) is 10.3 Å². The maximum atomic E-state index is 12.6. The summed E-state index contributed by atoms with van der Waals surface area (Å²) in [6.07, 6.45) is 5.84. The number of nitrogens with one attached hydrogen (secondary N) is 2. The minimum absolute atomic E-state index is 0.0803. The highest BCUT2D eigenvalue weighted by Gasteiger charge is 2.23. The summed E-state index contributed by atoms with van der Waals surface area (Å²) in [5.74, 6) is -0.530.